The van der Waals surface area contributed by atoms with Crippen LogP contribution in [0.25, 0.3) is 22.2 Å². The SMILES string of the molecule is CC1C=CCCC1C1=C(Nc2ccccc2)c2ccccc2N(C2=CC=CCC(c3ccc4ccccc4n3)=C2)C2C=CC=CC12. The van der Waals surface area contributed by atoms with E-state index in [4.69, 9.17) is 4.98 Å². The van der Waals surface area contributed by atoms with E-state index in [9.17, 15) is 0 Å². The highest BCUT2D eigenvalue weighted by atomic mass is 15.2. The van der Waals surface area contributed by atoms with Crippen molar-refractivity contribution in [2.24, 2.45) is 17.8 Å². The van der Waals surface area contributed by atoms with Gasteiger partial charge in [-0.05, 0) is 84.7 Å². The molecule has 0 saturated carbocycles. The number of nitrogens with zero attached hydrogens (tertiary/aromatic N) is 2. The Bertz CT molecular complexity index is 1990. The predicted octanol–water partition coefficient (Wildman–Crippen LogP) is 10.5. The molecule has 8 rings (SSSR count). The zero-order valence-corrected chi connectivity index (χ0v) is 26.3. The average Bonchev–Trinajstić information content (AvgIpc) is 3.42. The number of allylic oxidation sites excluding steroid dienone is 9. The predicted molar refractivity (Wildman–Crippen MR) is 194 cm³/mol. The van der Waals surface area contributed by atoms with E-state index < -0.39 is 0 Å². The summed E-state index contributed by atoms with van der Waals surface area (Å²) in [5, 5.41) is 5.14. The number of para-hydroxylation sites is 3. The zero-order chi connectivity index (χ0) is 30.9. The first-order valence-electron chi connectivity index (χ1n) is 16.6. The van der Waals surface area contributed by atoms with Crippen molar-refractivity contribution < 1.29 is 0 Å². The monoisotopic (exact) mass is 597 g/mol. The normalized spacial score (nSPS) is 23.7. The van der Waals surface area contributed by atoms with Crippen molar-refractivity contribution in [3.63, 3.8) is 0 Å². The molecule has 3 aliphatic carbocycles. The molecule has 0 saturated heterocycles. The number of benzene rings is 3. The molecule has 226 valence electrons. The second kappa shape index (κ2) is 12.3. The third kappa shape index (κ3) is 5.26. The second-order valence-corrected chi connectivity index (χ2v) is 12.7. The summed E-state index contributed by atoms with van der Waals surface area (Å²) in [6.07, 6.45) is 26.4. The quantitative estimate of drug-likeness (QED) is 0.232. The third-order valence-corrected chi connectivity index (χ3v) is 9.91. The summed E-state index contributed by atoms with van der Waals surface area (Å²) in [6, 6.07) is 32.5. The summed E-state index contributed by atoms with van der Waals surface area (Å²) < 4.78 is 0. The van der Waals surface area contributed by atoms with Crippen molar-refractivity contribution in [2.45, 2.75) is 32.2 Å². The number of fused-ring (bicyclic) bond motifs is 3. The Morgan fingerprint density at radius 1 is 0.783 bits per heavy atom. The Labute approximate surface area is 272 Å². The Morgan fingerprint density at radius 2 is 1.61 bits per heavy atom. The van der Waals surface area contributed by atoms with Gasteiger partial charge in [-0.2, -0.15) is 0 Å². The maximum absolute atomic E-state index is 5.11. The van der Waals surface area contributed by atoms with Gasteiger partial charge in [-0.25, -0.2) is 4.98 Å². The fraction of sp³-hybridized carbons (Fsp3) is 0.186. The molecule has 4 aliphatic rings. The molecule has 2 heterocycles. The fourth-order valence-corrected chi connectivity index (χ4v) is 7.70. The standard InChI is InChI=1S/C43H39N3/c1-30-15-5-9-21-35(30)42-36-22-10-13-25-40(36)46(41-26-14-11-23-37(41)43(42)44-33-18-3-2-4-19-33)34-20-8-6-17-32(29-34)39-28-27-31-16-7-12-24-38(31)45-39/h2-8,10-16,18-20,22-30,35-36,40,44H,9,17,21H2,1H3. The van der Waals surface area contributed by atoms with E-state index in [1.807, 2.05) is 0 Å². The molecule has 3 heteroatoms. The molecule has 4 aromatic rings. The number of hydrogen-bond donors (Lipinski definition) is 1. The second-order valence-electron chi connectivity index (χ2n) is 12.7. The lowest BCUT2D eigenvalue weighted by molar-refractivity contribution is 0.400. The van der Waals surface area contributed by atoms with Crippen molar-refractivity contribution in [3.05, 3.63) is 174 Å². The number of hydrogen-bond acceptors (Lipinski definition) is 3. The lowest BCUT2D eigenvalue weighted by atomic mass is 9.71. The number of pyridine rings is 1. The van der Waals surface area contributed by atoms with E-state index >= 15 is 0 Å². The molecular weight excluding hydrogens is 558 g/mol. The maximum Gasteiger partial charge on any atom is 0.0709 e. The van der Waals surface area contributed by atoms with Gasteiger partial charge < -0.3 is 10.2 Å². The van der Waals surface area contributed by atoms with Crippen LogP contribution in [0, 0.1) is 17.8 Å². The van der Waals surface area contributed by atoms with Gasteiger partial charge in [-0.15, -0.1) is 0 Å². The Kier molecular flexibility index (Phi) is 7.59. The molecule has 0 bridgehead atoms. The van der Waals surface area contributed by atoms with Gasteiger partial charge in [0.1, 0.15) is 0 Å². The minimum absolute atomic E-state index is 0.120. The van der Waals surface area contributed by atoms with Crippen molar-refractivity contribution >= 4 is 33.5 Å². The summed E-state index contributed by atoms with van der Waals surface area (Å²) in [7, 11) is 0. The molecule has 1 aromatic heterocycles. The first kappa shape index (κ1) is 28.3. The van der Waals surface area contributed by atoms with Crippen LogP contribution in [0.1, 0.15) is 37.4 Å². The lowest BCUT2D eigenvalue weighted by Gasteiger charge is -2.40. The van der Waals surface area contributed by atoms with Crippen LogP contribution in [-0.2, 0) is 0 Å². The van der Waals surface area contributed by atoms with Crippen molar-refractivity contribution in [2.75, 3.05) is 10.2 Å². The van der Waals surface area contributed by atoms with Crippen molar-refractivity contribution in [1.29, 1.82) is 0 Å². The number of rotatable bonds is 5. The minimum Gasteiger partial charge on any atom is -0.355 e. The molecule has 1 N–H and O–H groups in total. The molecule has 46 heavy (non-hydrogen) atoms. The number of aromatic nitrogens is 1. The smallest absolute Gasteiger partial charge is 0.0709 e. The van der Waals surface area contributed by atoms with Gasteiger partial charge in [0.15, 0.2) is 0 Å². The van der Waals surface area contributed by atoms with Crippen LogP contribution in [-0.4, -0.2) is 11.0 Å². The van der Waals surface area contributed by atoms with Gasteiger partial charge in [0.05, 0.1) is 22.9 Å². The fourth-order valence-electron chi connectivity index (χ4n) is 7.70. The Morgan fingerprint density at radius 3 is 2.52 bits per heavy atom. The van der Waals surface area contributed by atoms with Crippen LogP contribution in [0.2, 0.25) is 0 Å². The zero-order valence-electron chi connectivity index (χ0n) is 26.3. The van der Waals surface area contributed by atoms with Crippen LogP contribution in [0.15, 0.2) is 163 Å². The number of anilines is 2. The Hall–Kier alpha value is -5.15. The minimum atomic E-state index is 0.120. The van der Waals surface area contributed by atoms with E-state index in [2.05, 4.69) is 169 Å². The summed E-state index contributed by atoms with van der Waals surface area (Å²) in [5.41, 5.74) is 10.8. The molecule has 4 atom stereocenters. The largest absolute Gasteiger partial charge is 0.355 e. The van der Waals surface area contributed by atoms with Gasteiger partial charge in [-0.1, -0.05) is 116 Å². The molecule has 3 nitrogen and oxygen atoms in total. The summed E-state index contributed by atoms with van der Waals surface area (Å²) in [4.78, 5) is 7.69. The van der Waals surface area contributed by atoms with Gasteiger partial charge in [0.25, 0.3) is 0 Å². The molecule has 0 radical (unpaired) electrons. The first-order valence-corrected chi connectivity index (χ1v) is 16.6. The van der Waals surface area contributed by atoms with Gasteiger partial charge in [0.2, 0.25) is 0 Å². The van der Waals surface area contributed by atoms with Crippen LogP contribution in [0.3, 0.4) is 0 Å². The summed E-state index contributed by atoms with van der Waals surface area (Å²) >= 11 is 0. The van der Waals surface area contributed by atoms with Crippen LogP contribution in [0.4, 0.5) is 11.4 Å². The van der Waals surface area contributed by atoms with Gasteiger partial charge in [-0.3, -0.25) is 0 Å². The molecule has 0 amide bonds. The lowest BCUT2D eigenvalue weighted by Crippen LogP contribution is -2.40. The van der Waals surface area contributed by atoms with Crippen molar-refractivity contribution in [1.82, 2.24) is 4.98 Å². The number of nitrogens with one attached hydrogen (secondary N) is 1. The molecule has 3 aromatic carbocycles. The highest BCUT2D eigenvalue weighted by Crippen LogP contribution is 2.49. The van der Waals surface area contributed by atoms with Crippen LogP contribution >= 0.6 is 0 Å². The highest BCUT2D eigenvalue weighted by molar-refractivity contribution is 5.90. The molecule has 0 spiro atoms. The van der Waals surface area contributed by atoms with E-state index in [0.717, 1.165) is 36.2 Å². The van der Waals surface area contributed by atoms with Crippen molar-refractivity contribution in [3.8, 4) is 0 Å². The molecule has 0 fully saturated rings. The molecule has 1 aliphatic heterocycles. The van der Waals surface area contributed by atoms with Crippen LogP contribution < -0.4 is 10.2 Å². The van der Waals surface area contributed by atoms with Gasteiger partial charge in [0, 0.05) is 33.9 Å². The summed E-state index contributed by atoms with van der Waals surface area (Å²) in [6.45, 7) is 2.39. The van der Waals surface area contributed by atoms with E-state index in [-0.39, 0.29) is 12.0 Å². The average molecular weight is 598 g/mol. The third-order valence-electron chi connectivity index (χ3n) is 9.91. The van der Waals surface area contributed by atoms with E-state index in [0.29, 0.717) is 11.8 Å². The molecule has 4 unspecified atom stereocenters. The summed E-state index contributed by atoms with van der Waals surface area (Å²) in [5.74, 6) is 1.09. The van der Waals surface area contributed by atoms with Crippen LogP contribution in [0.5, 0.6) is 0 Å². The maximum atomic E-state index is 5.11. The topological polar surface area (TPSA) is 28.2 Å². The Balaban J connectivity index is 1.31. The highest BCUT2D eigenvalue weighted by Gasteiger charge is 2.40. The first-order chi connectivity index (χ1) is 22.7. The van der Waals surface area contributed by atoms with E-state index in [1.54, 1.807) is 0 Å². The van der Waals surface area contributed by atoms with Gasteiger partial charge >= 0.3 is 0 Å². The van der Waals surface area contributed by atoms with E-state index in [1.165, 1.54) is 39.2 Å². The molecular formula is C43H39N3.